The number of nitrogens with zero attached hydrogens (tertiary/aromatic N) is 1. The van der Waals surface area contributed by atoms with Crippen LogP contribution in [0.3, 0.4) is 0 Å². The fraction of sp³-hybridized carbons (Fsp3) is 0.625. The van der Waals surface area contributed by atoms with E-state index in [1.54, 1.807) is 6.07 Å². The Hall–Kier alpha value is -1.47. The summed E-state index contributed by atoms with van der Waals surface area (Å²) in [5, 5.41) is 0. The topological polar surface area (TPSA) is 30.9 Å². The molecule has 0 aromatic heterocycles. The maximum atomic E-state index is 12.3. The van der Waals surface area contributed by atoms with E-state index in [4.69, 9.17) is 9.47 Å². The highest BCUT2D eigenvalue weighted by Gasteiger charge is 2.32. The number of alkyl halides is 3. The van der Waals surface area contributed by atoms with Gasteiger partial charge in [0.2, 0.25) is 0 Å². The van der Waals surface area contributed by atoms with Crippen molar-refractivity contribution in [3.05, 3.63) is 24.3 Å². The minimum Gasteiger partial charge on any atom is -0.489 e. The lowest BCUT2D eigenvalue weighted by Crippen LogP contribution is -2.38. The van der Waals surface area contributed by atoms with Gasteiger partial charge in [0.05, 0.1) is 0 Å². The molecule has 1 atom stereocenters. The average Bonchev–Trinajstić information content (AvgIpc) is 2.95. The van der Waals surface area contributed by atoms with Crippen molar-refractivity contribution in [2.45, 2.75) is 37.8 Å². The summed E-state index contributed by atoms with van der Waals surface area (Å²) in [7, 11) is 0. The number of ether oxygens (including phenoxy) is 3. The van der Waals surface area contributed by atoms with Crippen LogP contribution in [0.2, 0.25) is 0 Å². The quantitative estimate of drug-likeness (QED) is 0.848. The van der Waals surface area contributed by atoms with Crippen molar-refractivity contribution in [2.75, 3.05) is 26.3 Å². The van der Waals surface area contributed by atoms with Gasteiger partial charge in [-0.05, 0) is 31.4 Å². The molecule has 0 unspecified atom stereocenters. The van der Waals surface area contributed by atoms with Crippen LogP contribution in [-0.2, 0) is 4.74 Å². The van der Waals surface area contributed by atoms with Crippen LogP contribution in [-0.4, -0.2) is 49.7 Å². The predicted molar refractivity (Wildman–Crippen MR) is 77.6 cm³/mol. The van der Waals surface area contributed by atoms with Crippen molar-refractivity contribution >= 4 is 0 Å². The molecule has 0 N–H and O–H groups in total. The van der Waals surface area contributed by atoms with Gasteiger partial charge in [0.25, 0.3) is 0 Å². The number of hydrogen-bond donors (Lipinski definition) is 0. The molecular weight excluding hydrogens is 311 g/mol. The Morgan fingerprint density at radius 1 is 1.09 bits per heavy atom. The van der Waals surface area contributed by atoms with E-state index in [1.165, 1.54) is 18.2 Å². The highest BCUT2D eigenvalue weighted by Crippen LogP contribution is 2.28. The van der Waals surface area contributed by atoms with E-state index in [2.05, 4.69) is 9.64 Å². The third-order valence-corrected chi connectivity index (χ3v) is 4.23. The monoisotopic (exact) mass is 331 g/mol. The summed E-state index contributed by atoms with van der Waals surface area (Å²) in [5.74, 6) is 0.153. The lowest BCUT2D eigenvalue weighted by Gasteiger charge is -2.30. The molecule has 0 aliphatic carbocycles. The van der Waals surface area contributed by atoms with Crippen LogP contribution >= 0.6 is 0 Å². The van der Waals surface area contributed by atoms with Gasteiger partial charge >= 0.3 is 6.36 Å². The minimum absolute atomic E-state index is 0.000943. The number of halogens is 3. The molecule has 1 aromatic carbocycles. The second-order valence-corrected chi connectivity index (χ2v) is 5.89. The lowest BCUT2D eigenvalue weighted by atomic mass is 10.1. The van der Waals surface area contributed by atoms with Crippen LogP contribution in [0.15, 0.2) is 24.3 Å². The SMILES string of the molecule is FC(F)(F)Oc1cccc(O[C@@H]2CCN(C3CCOCC3)C2)c1. The van der Waals surface area contributed by atoms with Gasteiger partial charge in [-0.3, -0.25) is 4.90 Å². The Bertz CT molecular complexity index is 518. The van der Waals surface area contributed by atoms with Crippen molar-refractivity contribution in [1.82, 2.24) is 4.90 Å². The van der Waals surface area contributed by atoms with Crippen molar-refractivity contribution in [3.63, 3.8) is 0 Å². The number of benzene rings is 1. The van der Waals surface area contributed by atoms with Gasteiger partial charge in [-0.2, -0.15) is 0 Å². The van der Waals surface area contributed by atoms with Crippen molar-refractivity contribution in [3.8, 4) is 11.5 Å². The molecule has 0 radical (unpaired) electrons. The summed E-state index contributed by atoms with van der Waals surface area (Å²) in [6.45, 7) is 3.34. The molecule has 2 aliphatic heterocycles. The zero-order chi connectivity index (χ0) is 16.3. The molecule has 0 amide bonds. The fourth-order valence-electron chi connectivity index (χ4n) is 3.17. The first-order valence-electron chi connectivity index (χ1n) is 7.84. The Labute approximate surface area is 133 Å². The molecule has 4 nitrogen and oxygen atoms in total. The Balaban J connectivity index is 1.54. The van der Waals surface area contributed by atoms with Crippen LogP contribution in [0.1, 0.15) is 19.3 Å². The molecule has 7 heteroatoms. The maximum Gasteiger partial charge on any atom is 0.573 e. The Morgan fingerprint density at radius 2 is 1.83 bits per heavy atom. The van der Waals surface area contributed by atoms with Gasteiger partial charge in [0.1, 0.15) is 17.6 Å². The van der Waals surface area contributed by atoms with Gasteiger partial charge in [0, 0.05) is 38.4 Å². The minimum atomic E-state index is -4.69. The zero-order valence-electron chi connectivity index (χ0n) is 12.7. The van der Waals surface area contributed by atoms with Gasteiger partial charge in [0.15, 0.2) is 0 Å². The third kappa shape index (κ3) is 4.75. The van der Waals surface area contributed by atoms with E-state index < -0.39 is 6.36 Å². The van der Waals surface area contributed by atoms with Crippen LogP contribution in [0.5, 0.6) is 11.5 Å². The summed E-state index contributed by atoms with van der Waals surface area (Å²) < 4.78 is 51.9. The molecule has 23 heavy (non-hydrogen) atoms. The van der Waals surface area contributed by atoms with E-state index in [9.17, 15) is 13.2 Å². The summed E-state index contributed by atoms with van der Waals surface area (Å²) >= 11 is 0. The Kier molecular flexibility index (Phi) is 4.96. The normalized spacial score (nSPS) is 23.9. The first-order chi connectivity index (χ1) is 11.0. The number of likely N-dealkylation sites (tertiary alicyclic amines) is 1. The van der Waals surface area contributed by atoms with E-state index in [0.29, 0.717) is 11.8 Å². The van der Waals surface area contributed by atoms with Gasteiger partial charge in [-0.15, -0.1) is 13.2 Å². The first-order valence-corrected chi connectivity index (χ1v) is 7.84. The van der Waals surface area contributed by atoms with Crippen molar-refractivity contribution < 1.29 is 27.4 Å². The maximum absolute atomic E-state index is 12.3. The first kappa shape index (κ1) is 16.4. The van der Waals surface area contributed by atoms with Crippen LogP contribution in [0, 0.1) is 0 Å². The van der Waals surface area contributed by atoms with Crippen molar-refractivity contribution in [1.29, 1.82) is 0 Å². The highest BCUT2D eigenvalue weighted by molar-refractivity contribution is 5.33. The fourth-order valence-corrected chi connectivity index (χ4v) is 3.17. The number of rotatable bonds is 4. The van der Waals surface area contributed by atoms with Gasteiger partial charge in [-0.1, -0.05) is 6.07 Å². The van der Waals surface area contributed by atoms with Crippen molar-refractivity contribution in [2.24, 2.45) is 0 Å². The second-order valence-electron chi connectivity index (χ2n) is 5.89. The largest absolute Gasteiger partial charge is 0.573 e. The van der Waals surface area contributed by atoms with E-state index in [1.807, 2.05) is 0 Å². The van der Waals surface area contributed by atoms with Crippen LogP contribution in [0.25, 0.3) is 0 Å². The molecule has 2 aliphatic rings. The molecular formula is C16H20F3NO3. The summed E-state index contributed by atoms with van der Waals surface area (Å²) in [6, 6.07) is 6.23. The molecule has 2 fully saturated rings. The zero-order valence-corrected chi connectivity index (χ0v) is 12.7. The molecule has 128 valence electrons. The van der Waals surface area contributed by atoms with E-state index in [0.717, 1.165) is 45.6 Å². The molecule has 0 saturated carbocycles. The average molecular weight is 331 g/mol. The van der Waals surface area contributed by atoms with Crippen LogP contribution < -0.4 is 9.47 Å². The standard InChI is InChI=1S/C16H20F3NO3/c17-16(18,19)23-14-3-1-2-13(10-14)22-15-4-7-20(11-15)12-5-8-21-9-6-12/h1-3,10,12,15H,4-9,11H2/t15-/m1/s1. The smallest absolute Gasteiger partial charge is 0.489 e. The van der Waals surface area contributed by atoms with Gasteiger partial charge < -0.3 is 14.2 Å². The molecule has 0 bridgehead atoms. The van der Waals surface area contributed by atoms with E-state index >= 15 is 0 Å². The Morgan fingerprint density at radius 3 is 2.57 bits per heavy atom. The molecule has 2 heterocycles. The summed E-state index contributed by atoms with van der Waals surface area (Å²) in [6.07, 6.45) is -1.75. The summed E-state index contributed by atoms with van der Waals surface area (Å²) in [5.41, 5.74) is 0. The second kappa shape index (κ2) is 6.97. The highest BCUT2D eigenvalue weighted by atomic mass is 19.4. The predicted octanol–water partition coefficient (Wildman–Crippen LogP) is 3.22. The van der Waals surface area contributed by atoms with E-state index in [-0.39, 0.29) is 11.9 Å². The molecule has 2 saturated heterocycles. The third-order valence-electron chi connectivity index (χ3n) is 4.23. The lowest BCUT2D eigenvalue weighted by molar-refractivity contribution is -0.274. The molecule has 1 aromatic rings. The van der Waals surface area contributed by atoms with Gasteiger partial charge in [-0.25, -0.2) is 0 Å². The number of hydrogen-bond acceptors (Lipinski definition) is 4. The summed E-state index contributed by atoms with van der Waals surface area (Å²) in [4.78, 5) is 2.39. The molecule has 3 rings (SSSR count). The molecule has 0 spiro atoms. The van der Waals surface area contributed by atoms with Crippen LogP contribution in [0.4, 0.5) is 13.2 Å².